The maximum Gasteiger partial charge on any atom is 0.404 e. The third-order valence-corrected chi connectivity index (χ3v) is 4.39. The molecule has 0 bridgehead atoms. The minimum absolute atomic E-state index is 0.527. The van der Waals surface area contributed by atoms with Crippen LogP contribution in [-0.4, -0.2) is 32.7 Å². The van der Waals surface area contributed by atoms with Gasteiger partial charge >= 0.3 is 6.09 Å². The summed E-state index contributed by atoms with van der Waals surface area (Å²) in [6.07, 6.45) is -0.0817. The normalized spacial score (nSPS) is 11.3. The Bertz CT molecular complexity index is 161. The third kappa shape index (κ3) is 7.80. The predicted molar refractivity (Wildman–Crippen MR) is 54.6 cm³/mol. The van der Waals surface area contributed by atoms with E-state index >= 15 is 0 Å². The van der Waals surface area contributed by atoms with Crippen LogP contribution in [-0.2, 0) is 4.43 Å². The van der Waals surface area contributed by atoms with Crippen molar-refractivity contribution in [2.45, 2.75) is 32.5 Å². The quantitative estimate of drug-likeness (QED) is 0.514. The van der Waals surface area contributed by atoms with Crippen LogP contribution in [0.1, 0.15) is 13.3 Å². The van der Waals surface area contributed by atoms with Gasteiger partial charge in [-0.25, -0.2) is 4.79 Å². The molecule has 5 heteroatoms. The van der Waals surface area contributed by atoms with Crippen LogP contribution in [0.15, 0.2) is 0 Å². The van der Waals surface area contributed by atoms with Crippen molar-refractivity contribution < 1.29 is 14.3 Å². The molecule has 78 valence electrons. The van der Waals surface area contributed by atoms with E-state index < -0.39 is 14.4 Å². The van der Waals surface area contributed by atoms with E-state index in [9.17, 15) is 4.79 Å². The highest BCUT2D eigenvalue weighted by molar-refractivity contribution is 6.71. The van der Waals surface area contributed by atoms with Crippen LogP contribution in [0, 0.1) is 0 Å². The Hall–Kier alpha value is -0.553. The van der Waals surface area contributed by atoms with Gasteiger partial charge in [-0.3, -0.25) is 0 Å². The summed E-state index contributed by atoms with van der Waals surface area (Å²) >= 11 is 0. The molecule has 1 amide bonds. The number of rotatable bonds is 6. The summed E-state index contributed by atoms with van der Waals surface area (Å²) in [6.45, 7) is 7.57. The molecule has 0 atom stereocenters. The molecule has 0 spiro atoms. The first-order valence-electron chi connectivity index (χ1n) is 4.58. The molecule has 0 aromatic carbocycles. The molecule has 13 heavy (non-hydrogen) atoms. The van der Waals surface area contributed by atoms with Crippen LogP contribution in [0.25, 0.3) is 0 Å². The fraction of sp³-hybridized carbons (Fsp3) is 0.875. The SMILES string of the molecule is CCO[Si](C)(C)CCCNC(=O)O. The van der Waals surface area contributed by atoms with Gasteiger partial charge in [-0.05, 0) is 32.5 Å². The van der Waals surface area contributed by atoms with Crippen molar-refractivity contribution >= 4 is 14.4 Å². The molecule has 0 fully saturated rings. The molecule has 0 aliphatic heterocycles. The van der Waals surface area contributed by atoms with Crippen molar-refractivity contribution in [3.8, 4) is 0 Å². The number of amides is 1. The zero-order valence-electron chi connectivity index (χ0n) is 8.59. The molecule has 0 aromatic rings. The molecule has 0 aliphatic rings. The van der Waals surface area contributed by atoms with E-state index in [4.69, 9.17) is 9.53 Å². The van der Waals surface area contributed by atoms with Gasteiger partial charge in [-0.1, -0.05) is 0 Å². The summed E-state index contributed by atoms with van der Waals surface area (Å²) in [5.41, 5.74) is 0. The zero-order chi connectivity index (χ0) is 10.3. The lowest BCUT2D eigenvalue weighted by Gasteiger charge is -2.21. The molecule has 0 saturated heterocycles. The van der Waals surface area contributed by atoms with E-state index in [0.717, 1.165) is 19.1 Å². The molecular weight excluding hydrogens is 186 g/mol. The van der Waals surface area contributed by atoms with Crippen LogP contribution < -0.4 is 5.32 Å². The van der Waals surface area contributed by atoms with E-state index in [1.165, 1.54) is 0 Å². The molecule has 2 N–H and O–H groups in total. The van der Waals surface area contributed by atoms with Crippen LogP contribution in [0.5, 0.6) is 0 Å². The predicted octanol–water partition coefficient (Wildman–Crippen LogP) is 1.89. The highest BCUT2D eigenvalue weighted by atomic mass is 28.4. The number of hydrogen-bond donors (Lipinski definition) is 2. The lowest BCUT2D eigenvalue weighted by molar-refractivity contribution is 0.194. The standard InChI is InChI=1S/C8H19NO3Si/c1-4-12-13(2,3)7-5-6-9-8(10)11/h9H,4-7H2,1-3H3,(H,10,11). The van der Waals surface area contributed by atoms with Gasteiger partial charge in [0.05, 0.1) is 0 Å². The first-order chi connectivity index (χ1) is 5.98. The van der Waals surface area contributed by atoms with Gasteiger partial charge in [0.1, 0.15) is 0 Å². The molecular formula is C8H19NO3Si. The van der Waals surface area contributed by atoms with E-state index in [2.05, 4.69) is 18.4 Å². The second-order valence-electron chi connectivity index (χ2n) is 3.53. The minimum atomic E-state index is -1.51. The Balaban J connectivity index is 3.45. The van der Waals surface area contributed by atoms with E-state index in [1.807, 2.05) is 6.92 Å². The Morgan fingerprint density at radius 3 is 2.62 bits per heavy atom. The summed E-state index contributed by atoms with van der Waals surface area (Å²) in [6, 6.07) is 1.00. The maximum atomic E-state index is 10.1. The fourth-order valence-corrected chi connectivity index (χ4v) is 3.13. The van der Waals surface area contributed by atoms with Gasteiger partial charge in [0, 0.05) is 13.2 Å². The van der Waals surface area contributed by atoms with Crippen LogP contribution >= 0.6 is 0 Å². The number of hydrogen-bond acceptors (Lipinski definition) is 2. The second kappa shape index (κ2) is 5.99. The van der Waals surface area contributed by atoms with Crippen LogP contribution in [0.3, 0.4) is 0 Å². The highest BCUT2D eigenvalue weighted by Crippen LogP contribution is 2.12. The van der Waals surface area contributed by atoms with Crippen LogP contribution in [0.4, 0.5) is 4.79 Å². The lowest BCUT2D eigenvalue weighted by atomic mass is 10.5. The van der Waals surface area contributed by atoms with Crippen LogP contribution in [0.2, 0.25) is 19.1 Å². The average molecular weight is 205 g/mol. The topological polar surface area (TPSA) is 58.6 Å². The molecule has 0 unspecified atom stereocenters. The van der Waals surface area contributed by atoms with Gasteiger partial charge in [0.25, 0.3) is 0 Å². The third-order valence-electron chi connectivity index (χ3n) is 1.77. The minimum Gasteiger partial charge on any atom is -0.465 e. The average Bonchev–Trinajstić information content (AvgIpc) is 1.98. The summed E-state index contributed by atoms with van der Waals surface area (Å²) in [7, 11) is -1.51. The monoisotopic (exact) mass is 205 g/mol. The van der Waals surface area contributed by atoms with E-state index in [0.29, 0.717) is 6.54 Å². The van der Waals surface area contributed by atoms with Crippen molar-refractivity contribution in [1.82, 2.24) is 5.32 Å². The van der Waals surface area contributed by atoms with Crippen molar-refractivity contribution in [2.75, 3.05) is 13.2 Å². The van der Waals surface area contributed by atoms with Gasteiger partial charge in [0.15, 0.2) is 8.32 Å². The summed E-state index contributed by atoms with van der Waals surface area (Å²) in [4.78, 5) is 10.1. The van der Waals surface area contributed by atoms with Crippen molar-refractivity contribution in [2.24, 2.45) is 0 Å². The van der Waals surface area contributed by atoms with E-state index in [-0.39, 0.29) is 0 Å². The number of carboxylic acid groups (broad SMARTS) is 1. The van der Waals surface area contributed by atoms with Gasteiger partial charge in [-0.2, -0.15) is 0 Å². The summed E-state index contributed by atoms with van der Waals surface area (Å²) < 4.78 is 5.60. The molecule has 0 aliphatic carbocycles. The maximum absolute atomic E-state index is 10.1. The van der Waals surface area contributed by atoms with Crippen molar-refractivity contribution in [1.29, 1.82) is 0 Å². The second-order valence-corrected chi connectivity index (χ2v) is 7.84. The lowest BCUT2D eigenvalue weighted by Crippen LogP contribution is -2.32. The molecule has 0 aromatic heterocycles. The number of nitrogens with one attached hydrogen (secondary N) is 1. The van der Waals surface area contributed by atoms with Gasteiger partial charge in [-0.15, -0.1) is 0 Å². The summed E-state index contributed by atoms with van der Waals surface area (Å²) in [5.74, 6) is 0. The smallest absolute Gasteiger partial charge is 0.404 e. The summed E-state index contributed by atoms with van der Waals surface area (Å²) in [5, 5.41) is 10.7. The highest BCUT2D eigenvalue weighted by Gasteiger charge is 2.20. The molecule has 0 rings (SSSR count). The van der Waals surface area contributed by atoms with Gasteiger partial charge in [0.2, 0.25) is 0 Å². The Kier molecular flexibility index (Phi) is 5.73. The van der Waals surface area contributed by atoms with E-state index in [1.54, 1.807) is 0 Å². The van der Waals surface area contributed by atoms with Crippen molar-refractivity contribution in [3.63, 3.8) is 0 Å². The number of carbonyl (C=O) groups is 1. The molecule has 0 saturated carbocycles. The fourth-order valence-electron chi connectivity index (χ4n) is 1.17. The first-order valence-corrected chi connectivity index (χ1v) is 7.70. The Morgan fingerprint density at radius 2 is 2.15 bits per heavy atom. The molecule has 0 radical (unpaired) electrons. The van der Waals surface area contributed by atoms with Crippen molar-refractivity contribution in [3.05, 3.63) is 0 Å². The molecule has 0 heterocycles. The Labute approximate surface area is 80.4 Å². The largest absolute Gasteiger partial charge is 0.465 e. The molecule has 4 nitrogen and oxygen atoms in total. The van der Waals surface area contributed by atoms with Gasteiger partial charge < -0.3 is 14.8 Å². The first kappa shape index (κ1) is 12.4. The Morgan fingerprint density at radius 1 is 1.54 bits per heavy atom. The zero-order valence-corrected chi connectivity index (χ0v) is 9.59.